The molecule has 2 aromatic rings. The van der Waals surface area contributed by atoms with E-state index in [1.54, 1.807) is 30.1 Å². The lowest BCUT2D eigenvalue weighted by Gasteiger charge is -2.22. The summed E-state index contributed by atoms with van der Waals surface area (Å²) in [6, 6.07) is 13.8. The van der Waals surface area contributed by atoms with Gasteiger partial charge in [0.1, 0.15) is 6.04 Å². The Kier molecular flexibility index (Phi) is 5.23. The van der Waals surface area contributed by atoms with Crippen LogP contribution in [-0.2, 0) is 11.3 Å². The first-order chi connectivity index (χ1) is 9.97. The van der Waals surface area contributed by atoms with Gasteiger partial charge in [-0.3, -0.25) is 4.79 Å². The van der Waals surface area contributed by atoms with Crippen LogP contribution in [0.2, 0.25) is 10.0 Å². The molecule has 0 heterocycles. The molecular formula is C16H16Cl2N2O. The highest BCUT2D eigenvalue weighted by atomic mass is 35.5. The molecule has 2 N–H and O–H groups in total. The molecule has 0 aliphatic heterocycles. The highest BCUT2D eigenvalue weighted by molar-refractivity contribution is 6.34. The first-order valence-corrected chi connectivity index (χ1v) is 7.23. The summed E-state index contributed by atoms with van der Waals surface area (Å²) in [6.45, 7) is 0.402. The highest BCUT2D eigenvalue weighted by Crippen LogP contribution is 2.21. The van der Waals surface area contributed by atoms with Crippen molar-refractivity contribution in [3.63, 3.8) is 0 Å². The summed E-state index contributed by atoms with van der Waals surface area (Å²) in [5.74, 6) is -0.155. The Labute approximate surface area is 134 Å². The minimum Gasteiger partial charge on any atom is -0.340 e. The summed E-state index contributed by atoms with van der Waals surface area (Å²) in [6.07, 6.45) is 0. The maximum Gasteiger partial charge on any atom is 0.244 e. The van der Waals surface area contributed by atoms with E-state index in [2.05, 4.69) is 0 Å². The number of nitrogens with two attached hydrogens (primary N) is 1. The maximum atomic E-state index is 12.4. The second-order valence-electron chi connectivity index (χ2n) is 4.86. The third kappa shape index (κ3) is 4.21. The zero-order valence-corrected chi connectivity index (χ0v) is 13.1. The molecule has 0 fully saturated rings. The van der Waals surface area contributed by atoms with Crippen LogP contribution in [-0.4, -0.2) is 17.9 Å². The number of hydrogen-bond donors (Lipinski definition) is 1. The fourth-order valence-electron chi connectivity index (χ4n) is 2.09. The topological polar surface area (TPSA) is 46.3 Å². The standard InChI is InChI=1S/C16H16Cl2N2O/c1-20(10-11-7-13(17)9-14(18)8-11)16(21)15(19)12-5-3-2-4-6-12/h2-9,15H,10,19H2,1H3/t15-/m0/s1. The molecule has 1 atom stereocenters. The number of rotatable bonds is 4. The van der Waals surface area contributed by atoms with Crippen molar-refractivity contribution >= 4 is 29.1 Å². The van der Waals surface area contributed by atoms with Crippen molar-refractivity contribution < 1.29 is 4.79 Å². The molecule has 0 aromatic heterocycles. The van der Waals surface area contributed by atoms with Gasteiger partial charge in [-0.1, -0.05) is 53.5 Å². The monoisotopic (exact) mass is 322 g/mol. The molecule has 0 unspecified atom stereocenters. The Morgan fingerprint density at radius 2 is 1.71 bits per heavy atom. The van der Waals surface area contributed by atoms with Gasteiger partial charge in [-0.05, 0) is 29.3 Å². The summed E-state index contributed by atoms with van der Waals surface area (Å²) in [7, 11) is 1.71. The maximum absolute atomic E-state index is 12.4. The van der Waals surface area contributed by atoms with Crippen LogP contribution in [0.15, 0.2) is 48.5 Å². The fourth-order valence-corrected chi connectivity index (χ4v) is 2.67. The van der Waals surface area contributed by atoms with Crippen LogP contribution in [0.3, 0.4) is 0 Å². The van der Waals surface area contributed by atoms with Crippen LogP contribution in [0.5, 0.6) is 0 Å². The molecule has 21 heavy (non-hydrogen) atoms. The van der Waals surface area contributed by atoms with Gasteiger partial charge >= 0.3 is 0 Å². The highest BCUT2D eigenvalue weighted by Gasteiger charge is 2.19. The summed E-state index contributed by atoms with van der Waals surface area (Å²) >= 11 is 11.9. The van der Waals surface area contributed by atoms with E-state index >= 15 is 0 Å². The Morgan fingerprint density at radius 3 is 2.29 bits per heavy atom. The van der Waals surface area contributed by atoms with Crippen molar-refractivity contribution in [2.45, 2.75) is 12.6 Å². The predicted molar refractivity (Wildman–Crippen MR) is 86.3 cm³/mol. The van der Waals surface area contributed by atoms with E-state index in [1.165, 1.54) is 0 Å². The van der Waals surface area contributed by atoms with Crippen LogP contribution in [0.4, 0.5) is 0 Å². The summed E-state index contributed by atoms with van der Waals surface area (Å²) in [5, 5.41) is 1.09. The second-order valence-corrected chi connectivity index (χ2v) is 5.73. The molecule has 0 aliphatic rings. The molecule has 2 rings (SSSR count). The average Bonchev–Trinajstić information content (AvgIpc) is 2.45. The van der Waals surface area contributed by atoms with Gasteiger partial charge in [-0.25, -0.2) is 0 Å². The van der Waals surface area contributed by atoms with Gasteiger partial charge in [0.2, 0.25) is 5.91 Å². The lowest BCUT2D eigenvalue weighted by molar-refractivity contribution is -0.131. The molecule has 2 aromatic carbocycles. The first-order valence-electron chi connectivity index (χ1n) is 6.48. The third-order valence-corrected chi connectivity index (χ3v) is 3.58. The minimum absolute atomic E-state index is 0.155. The van der Waals surface area contributed by atoms with Crippen molar-refractivity contribution in [2.75, 3.05) is 7.05 Å². The molecule has 0 radical (unpaired) electrons. The normalized spacial score (nSPS) is 12.0. The van der Waals surface area contributed by atoms with Gasteiger partial charge in [0.25, 0.3) is 0 Å². The van der Waals surface area contributed by atoms with E-state index in [4.69, 9.17) is 28.9 Å². The predicted octanol–water partition coefficient (Wildman–Crippen LogP) is 3.65. The Balaban J connectivity index is 2.09. The summed E-state index contributed by atoms with van der Waals surface area (Å²) in [5.41, 5.74) is 7.66. The molecule has 0 spiro atoms. The largest absolute Gasteiger partial charge is 0.340 e. The van der Waals surface area contributed by atoms with Gasteiger partial charge in [-0.15, -0.1) is 0 Å². The summed E-state index contributed by atoms with van der Waals surface area (Å²) in [4.78, 5) is 13.9. The number of halogens is 2. The molecule has 3 nitrogen and oxygen atoms in total. The van der Waals surface area contributed by atoms with E-state index in [9.17, 15) is 4.79 Å². The zero-order valence-electron chi connectivity index (χ0n) is 11.6. The number of likely N-dealkylation sites (N-methyl/N-ethyl adjacent to an activating group) is 1. The van der Waals surface area contributed by atoms with Crippen molar-refractivity contribution in [1.29, 1.82) is 0 Å². The number of carbonyl (C=O) groups excluding carboxylic acids is 1. The summed E-state index contributed by atoms with van der Waals surface area (Å²) < 4.78 is 0. The lowest BCUT2D eigenvalue weighted by atomic mass is 10.1. The van der Waals surface area contributed by atoms with Gasteiger partial charge in [0.15, 0.2) is 0 Å². The molecule has 5 heteroatoms. The molecule has 0 aliphatic carbocycles. The van der Waals surface area contributed by atoms with Crippen molar-refractivity contribution in [3.05, 3.63) is 69.7 Å². The molecule has 110 valence electrons. The van der Waals surface area contributed by atoms with Crippen molar-refractivity contribution in [2.24, 2.45) is 5.73 Å². The van der Waals surface area contributed by atoms with Crippen LogP contribution >= 0.6 is 23.2 Å². The number of nitrogens with zero attached hydrogens (tertiary/aromatic N) is 1. The fraction of sp³-hybridized carbons (Fsp3) is 0.188. The van der Waals surface area contributed by atoms with Crippen molar-refractivity contribution in [1.82, 2.24) is 4.90 Å². The quantitative estimate of drug-likeness (QED) is 0.933. The van der Waals surface area contributed by atoms with Gasteiger partial charge < -0.3 is 10.6 Å². The van der Waals surface area contributed by atoms with E-state index in [1.807, 2.05) is 30.3 Å². The Bertz CT molecular complexity index is 611. The number of amides is 1. The first kappa shape index (κ1) is 15.8. The zero-order chi connectivity index (χ0) is 15.4. The third-order valence-electron chi connectivity index (χ3n) is 3.14. The van der Waals surface area contributed by atoms with E-state index in [0.717, 1.165) is 11.1 Å². The van der Waals surface area contributed by atoms with Gasteiger partial charge in [0.05, 0.1) is 0 Å². The SMILES string of the molecule is CN(Cc1cc(Cl)cc(Cl)c1)C(=O)[C@@H](N)c1ccccc1. The lowest BCUT2D eigenvalue weighted by Crippen LogP contribution is -2.35. The minimum atomic E-state index is -0.675. The molecule has 0 saturated heterocycles. The number of hydrogen-bond acceptors (Lipinski definition) is 2. The molecule has 0 saturated carbocycles. The Morgan fingerprint density at radius 1 is 1.14 bits per heavy atom. The molecule has 1 amide bonds. The van der Waals surface area contributed by atoms with Crippen LogP contribution < -0.4 is 5.73 Å². The van der Waals surface area contributed by atoms with E-state index in [-0.39, 0.29) is 5.91 Å². The van der Waals surface area contributed by atoms with E-state index < -0.39 is 6.04 Å². The Hall–Kier alpha value is -1.55. The van der Waals surface area contributed by atoms with Crippen LogP contribution in [0, 0.1) is 0 Å². The smallest absolute Gasteiger partial charge is 0.244 e. The van der Waals surface area contributed by atoms with Gasteiger partial charge in [-0.2, -0.15) is 0 Å². The molecular weight excluding hydrogens is 307 g/mol. The molecule has 0 bridgehead atoms. The van der Waals surface area contributed by atoms with Crippen LogP contribution in [0.1, 0.15) is 17.2 Å². The van der Waals surface area contributed by atoms with Crippen LogP contribution in [0.25, 0.3) is 0 Å². The second kappa shape index (κ2) is 6.94. The average molecular weight is 323 g/mol. The number of carbonyl (C=O) groups is 1. The van der Waals surface area contributed by atoms with Crippen molar-refractivity contribution in [3.8, 4) is 0 Å². The van der Waals surface area contributed by atoms with Gasteiger partial charge in [0, 0.05) is 23.6 Å². The van der Waals surface area contributed by atoms with E-state index in [0.29, 0.717) is 16.6 Å². The number of benzene rings is 2.